The van der Waals surface area contributed by atoms with Gasteiger partial charge in [0.1, 0.15) is 6.10 Å². The molecular weight excluding hydrogens is 246 g/mol. The highest BCUT2D eigenvalue weighted by atomic mass is 16.5. The Morgan fingerprint density at radius 3 is 2.37 bits per heavy atom. The second kappa shape index (κ2) is 5.07. The van der Waals surface area contributed by atoms with Crippen molar-refractivity contribution in [3.63, 3.8) is 0 Å². The fourth-order valence-corrected chi connectivity index (χ4v) is 2.40. The van der Waals surface area contributed by atoms with Crippen molar-refractivity contribution in [2.45, 2.75) is 51.8 Å². The van der Waals surface area contributed by atoms with Gasteiger partial charge in [-0.05, 0) is 40.2 Å². The molecule has 108 valence electrons. The molecule has 0 saturated carbocycles. The molecule has 0 spiro atoms. The smallest absolute Gasteiger partial charge is 0.336 e. The van der Waals surface area contributed by atoms with Crippen molar-refractivity contribution in [2.24, 2.45) is 0 Å². The van der Waals surface area contributed by atoms with Crippen LogP contribution in [0.3, 0.4) is 0 Å². The number of carbonyl (C=O) groups excluding carboxylic acids is 1. The molecule has 1 unspecified atom stereocenters. The third-order valence-electron chi connectivity index (χ3n) is 3.45. The van der Waals surface area contributed by atoms with E-state index in [0.717, 1.165) is 5.06 Å². The molecule has 5 nitrogen and oxygen atoms in total. The first-order valence-corrected chi connectivity index (χ1v) is 6.32. The summed E-state index contributed by atoms with van der Waals surface area (Å²) in [6.07, 6.45) is 0.590. The van der Waals surface area contributed by atoms with Gasteiger partial charge in [0.15, 0.2) is 0 Å². The van der Waals surface area contributed by atoms with E-state index in [2.05, 4.69) is 6.58 Å². The van der Waals surface area contributed by atoms with E-state index in [1.54, 1.807) is 26.8 Å². The number of hydrogen-bond donors (Lipinski definition) is 2. The zero-order valence-corrected chi connectivity index (χ0v) is 12.2. The van der Waals surface area contributed by atoms with Crippen LogP contribution in [0.1, 0.15) is 34.6 Å². The van der Waals surface area contributed by atoms with Gasteiger partial charge in [-0.15, -0.1) is 0 Å². The van der Waals surface area contributed by atoms with Crippen molar-refractivity contribution in [2.75, 3.05) is 6.61 Å². The molecule has 0 bridgehead atoms. The summed E-state index contributed by atoms with van der Waals surface area (Å²) in [6, 6.07) is 0. The molecule has 5 heteroatoms. The molecule has 0 aromatic rings. The predicted molar refractivity (Wildman–Crippen MR) is 71.6 cm³/mol. The van der Waals surface area contributed by atoms with Crippen LogP contribution in [-0.4, -0.2) is 45.1 Å². The first-order chi connectivity index (χ1) is 8.55. The summed E-state index contributed by atoms with van der Waals surface area (Å²) in [5.74, 6) is -0.624. The number of nitrogens with zero attached hydrogens (tertiary/aromatic N) is 1. The SMILES string of the molecule is C=C(C(=O)OCC)C(O)C1=CC(C)(C)N(O)C1(C)C. The Hall–Kier alpha value is -1.17. The van der Waals surface area contributed by atoms with E-state index in [4.69, 9.17) is 4.74 Å². The number of esters is 1. The second-order valence-electron chi connectivity index (χ2n) is 5.77. The fraction of sp³-hybridized carbons (Fsp3) is 0.643. The van der Waals surface area contributed by atoms with Gasteiger partial charge in [-0.1, -0.05) is 12.7 Å². The molecule has 0 aliphatic carbocycles. The first kappa shape index (κ1) is 15.9. The quantitative estimate of drug-likeness (QED) is 0.461. The third-order valence-corrected chi connectivity index (χ3v) is 3.45. The summed E-state index contributed by atoms with van der Waals surface area (Å²) in [5.41, 5.74) is -0.877. The Morgan fingerprint density at radius 1 is 1.47 bits per heavy atom. The maximum Gasteiger partial charge on any atom is 0.336 e. The van der Waals surface area contributed by atoms with E-state index in [9.17, 15) is 15.1 Å². The van der Waals surface area contributed by atoms with Crippen molar-refractivity contribution in [1.29, 1.82) is 0 Å². The molecule has 1 aliphatic rings. The van der Waals surface area contributed by atoms with Crippen molar-refractivity contribution in [1.82, 2.24) is 5.06 Å². The molecule has 0 fully saturated rings. The molecule has 1 atom stereocenters. The summed E-state index contributed by atoms with van der Waals surface area (Å²) in [4.78, 5) is 11.6. The van der Waals surface area contributed by atoms with Gasteiger partial charge in [0.25, 0.3) is 0 Å². The monoisotopic (exact) mass is 269 g/mol. The third kappa shape index (κ3) is 2.73. The number of rotatable bonds is 4. The van der Waals surface area contributed by atoms with Gasteiger partial charge in [-0.25, -0.2) is 4.79 Å². The number of ether oxygens (including phenoxy) is 1. The van der Waals surface area contributed by atoms with Crippen LogP contribution in [0, 0.1) is 0 Å². The molecule has 0 aromatic heterocycles. The van der Waals surface area contributed by atoms with Gasteiger partial charge in [0.2, 0.25) is 0 Å². The standard InChI is InChI=1S/C14H23NO4/c1-7-19-12(17)9(2)11(16)10-8-13(3,4)15(18)14(10,5)6/h8,11,16,18H,2,7H2,1,3-6H3. The van der Waals surface area contributed by atoms with Gasteiger partial charge in [0.05, 0.1) is 23.3 Å². The Balaban J connectivity index is 3.03. The topological polar surface area (TPSA) is 70.0 Å². The van der Waals surface area contributed by atoms with Crippen LogP contribution in [0.4, 0.5) is 0 Å². The fourth-order valence-electron chi connectivity index (χ4n) is 2.40. The largest absolute Gasteiger partial charge is 0.463 e. The van der Waals surface area contributed by atoms with Crippen LogP contribution in [0.25, 0.3) is 0 Å². The number of hydrogen-bond acceptors (Lipinski definition) is 5. The lowest BCUT2D eigenvalue weighted by Crippen LogP contribution is -2.49. The Kier molecular flexibility index (Phi) is 4.24. The number of hydroxylamine groups is 2. The van der Waals surface area contributed by atoms with Crippen molar-refractivity contribution in [3.05, 3.63) is 23.8 Å². The minimum absolute atomic E-state index is 0.0210. The predicted octanol–water partition coefficient (Wildman–Crippen LogP) is 1.65. The lowest BCUT2D eigenvalue weighted by atomic mass is 9.88. The Labute approximate surface area is 114 Å². The minimum Gasteiger partial charge on any atom is -0.463 e. The zero-order chi connectivity index (χ0) is 15.0. The molecule has 1 aliphatic heterocycles. The van der Waals surface area contributed by atoms with Crippen LogP contribution in [-0.2, 0) is 9.53 Å². The van der Waals surface area contributed by atoms with Gasteiger partial charge in [-0.2, -0.15) is 5.06 Å². The molecule has 0 radical (unpaired) electrons. The van der Waals surface area contributed by atoms with Crippen LogP contribution < -0.4 is 0 Å². The van der Waals surface area contributed by atoms with Crippen LogP contribution >= 0.6 is 0 Å². The van der Waals surface area contributed by atoms with Crippen molar-refractivity contribution < 1.29 is 19.8 Å². The van der Waals surface area contributed by atoms with E-state index >= 15 is 0 Å². The second-order valence-corrected chi connectivity index (χ2v) is 5.77. The average Bonchev–Trinajstić information content (AvgIpc) is 2.48. The molecule has 1 heterocycles. The van der Waals surface area contributed by atoms with Crippen molar-refractivity contribution in [3.8, 4) is 0 Å². The number of aliphatic hydroxyl groups excluding tert-OH is 1. The van der Waals surface area contributed by atoms with Gasteiger partial charge < -0.3 is 15.1 Å². The van der Waals surface area contributed by atoms with E-state index in [-0.39, 0.29) is 12.2 Å². The van der Waals surface area contributed by atoms with E-state index in [0.29, 0.717) is 5.57 Å². The lowest BCUT2D eigenvalue weighted by Gasteiger charge is -2.37. The summed E-state index contributed by atoms with van der Waals surface area (Å²) in [5, 5.41) is 21.6. The van der Waals surface area contributed by atoms with Crippen LogP contribution in [0.5, 0.6) is 0 Å². The van der Waals surface area contributed by atoms with Crippen LogP contribution in [0.15, 0.2) is 23.8 Å². The summed E-state index contributed by atoms with van der Waals surface area (Å²) < 4.78 is 4.83. The Morgan fingerprint density at radius 2 is 2.00 bits per heavy atom. The summed E-state index contributed by atoms with van der Waals surface area (Å²) >= 11 is 0. The van der Waals surface area contributed by atoms with Crippen LogP contribution in [0.2, 0.25) is 0 Å². The first-order valence-electron chi connectivity index (χ1n) is 6.32. The molecule has 19 heavy (non-hydrogen) atoms. The summed E-state index contributed by atoms with van der Waals surface area (Å²) in [6.45, 7) is 12.7. The maximum absolute atomic E-state index is 11.6. The molecule has 0 aromatic carbocycles. The number of carbonyl (C=O) groups is 1. The van der Waals surface area contributed by atoms with E-state index in [1.807, 2.05) is 13.8 Å². The lowest BCUT2D eigenvalue weighted by molar-refractivity contribution is -0.186. The number of aliphatic hydroxyl groups is 1. The highest BCUT2D eigenvalue weighted by Gasteiger charge is 2.48. The molecule has 1 rings (SSSR count). The molecular formula is C14H23NO4. The van der Waals surface area contributed by atoms with Gasteiger partial charge in [0, 0.05) is 0 Å². The normalized spacial score (nSPS) is 22.8. The molecule has 0 saturated heterocycles. The Bertz CT molecular complexity index is 423. The van der Waals surface area contributed by atoms with Gasteiger partial charge >= 0.3 is 5.97 Å². The van der Waals surface area contributed by atoms with Crippen molar-refractivity contribution >= 4 is 5.97 Å². The molecule has 2 N–H and O–H groups in total. The maximum atomic E-state index is 11.6. The highest BCUT2D eigenvalue weighted by molar-refractivity contribution is 5.89. The van der Waals surface area contributed by atoms with E-state index in [1.165, 1.54) is 0 Å². The zero-order valence-electron chi connectivity index (χ0n) is 12.2. The average molecular weight is 269 g/mol. The highest BCUT2D eigenvalue weighted by Crippen LogP contribution is 2.40. The van der Waals surface area contributed by atoms with E-state index < -0.39 is 23.2 Å². The minimum atomic E-state index is -1.16. The van der Waals surface area contributed by atoms with Gasteiger partial charge in [-0.3, -0.25) is 0 Å². The molecule has 0 amide bonds. The summed E-state index contributed by atoms with van der Waals surface area (Å²) in [7, 11) is 0.